The molecule has 1 aliphatic rings. The van der Waals surface area contributed by atoms with Gasteiger partial charge >= 0.3 is 0 Å². The van der Waals surface area contributed by atoms with Gasteiger partial charge in [0.25, 0.3) is 0 Å². The van der Waals surface area contributed by atoms with E-state index in [-0.39, 0.29) is 11.5 Å². The number of piperazine rings is 1. The fraction of sp³-hybridized carbons (Fsp3) is 0.261. The second-order valence-corrected chi connectivity index (χ2v) is 10.6. The number of hydrogen-bond acceptors (Lipinski definition) is 6. The topological polar surface area (TPSA) is 100 Å². The van der Waals surface area contributed by atoms with Crippen molar-refractivity contribution in [3.8, 4) is 17.0 Å². The summed E-state index contributed by atoms with van der Waals surface area (Å²) in [5.41, 5.74) is 3.26. The average molecular weight is 488 g/mol. The van der Waals surface area contributed by atoms with Crippen LogP contribution in [0.2, 0.25) is 0 Å². The second-order valence-electron chi connectivity index (χ2n) is 7.71. The molecule has 1 unspecified atom stereocenters. The number of sulfonamides is 1. The van der Waals surface area contributed by atoms with Crippen molar-refractivity contribution in [2.75, 3.05) is 37.3 Å². The van der Waals surface area contributed by atoms with Crippen molar-refractivity contribution in [3.05, 3.63) is 72.4 Å². The van der Waals surface area contributed by atoms with Crippen LogP contribution in [-0.2, 0) is 27.7 Å². The zero-order valence-electron chi connectivity index (χ0n) is 18.1. The number of benzene rings is 2. The molecule has 0 saturated carbocycles. The highest BCUT2D eigenvalue weighted by Gasteiger charge is 2.27. The largest absolute Gasteiger partial charge is 0.487 e. The van der Waals surface area contributed by atoms with Crippen molar-refractivity contribution in [2.24, 2.45) is 0 Å². The molecule has 0 radical (unpaired) electrons. The molecule has 1 saturated heterocycles. The number of nitrogens with zero attached hydrogens (tertiary/aromatic N) is 3. The molecule has 8 nitrogen and oxygen atoms in total. The lowest BCUT2D eigenvalue weighted by Gasteiger charge is -2.35. The van der Waals surface area contributed by atoms with Crippen molar-refractivity contribution in [3.63, 3.8) is 0 Å². The van der Waals surface area contributed by atoms with Crippen LogP contribution in [0.3, 0.4) is 0 Å². The van der Waals surface area contributed by atoms with Crippen molar-refractivity contribution >= 4 is 26.8 Å². The average Bonchev–Trinajstić information content (AvgIpc) is 2.82. The van der Waals surface area contributed by atoms with Crippen molar-refractivity contribution in [2.45, 2.75) is 11.5 Å². The summed E-state index contributed by atoms with van der Waals surface area (Å²) in [5.74, 6) is 0.317. The van der Waals surface area contributed by atoms with Crippen molar-refractivity contribution < 1.29 is 21.9 Å². The fourth-order valence-electron chi connectivity index (χ4n) is 3.80. The van der Waals surface area contributed by atoms with E-state index in [1.165, 1.54) is 10.6 Å². The molecular weight excluding hydrogens is 462 g/mol. The van der Waals surface area contributed by atoms with Crippen LogP contribution >= 0.6 is 0 Å². The molecule has 1 N–H and O–H groups in total. The SMILES string of the molecule is CS(=O)(=O)N1CCN(c2cccc(OCc3ccnc(-c4ccccc4)c3)c2S(=O)O)CC1. The van der Waals surface area contributed by atoms with Crippen LogP contribution in [0.5, 0.6) is 5.75 Å². The molecule has 1 aliphatic heterocycles. The Labute approximate surface area is 196 Å². The number of ether oxygens (including phenoxy) is 1. The maximum absolute atomic E-state index is 12.2. The van der Waals surface area contributed by atoms with E-state index in [0.29, 0.717) is 37.6 Å². The first-order valence-electron chi connectivity index (χ1n) is 10.4. The molecule has 10 heteroatoms. The summed E-state index contributed by atoms with van der Waals surface area (Å²) in [6.07, 6.45) is 2.90. The molecule has 1 aromatic heterocycles. The van der Waals surface area contributed by atoms with Crippen LogP contribution in [0.15, 0.2) is 71.8 Å². The molecule has 2 heterocycles. The van der Waals surface area contributed by atoms with E-state index in [1.54, 1.807) is 24.4 Å². The zero-order chi connectivity index (χ0) is 23.4. The smallest absolute Gasteiger partial charge is 0.211 e. The van der Waals surface area contributed by atoms with E-state index < -0.39 is 21.1 Å². The third-order valence-corrected chi connectivity index (χ3v) is 7.53. The first kappa shape index (κ1) is 23.4. The van der Waals surface area contributed by atoms with Gasteiger partial charge in [-0.05, 0) is 29.8 Å². The Morgan fingerprint density at radius 1 is 1.03 bits per heavy atom. The highest BCUT2D eigenvalue weighted by atomic mass is 32.2. The molecular formula is C23H25N3O5S2. The minimum Gasteiger partial charge on any atom is -0.487 e. The maximum Gasteiger partial charge on any atom is 0.211 e. The molecule has 0 spiro atoms. The minimum atomic E-state index is -3.26. The molecule has 0 amide bonds. The molecule has 174 valence electrons. The standard InChI is InChI=1S/C23H25N3O5S2/c1-33(29,30)26-14-12-25(13-15-26)21-8-5-9-22(23(21)32(27)28)31-17-18-10-11-24-20(16-18)19-6-3-2-4-7-19/h2-11,16H,12-15,17H2,1H3,(H,27,28). The van der Waals surface area contributed by atoms with Gasteiger partial charge in [-0.3, -0.25) is 4.98 Å². The molecule has 4 rings (SSSR count). The molecule has 1 fully saturated rings. The van der Waals surface area contributed by atoms with E-state index in [9.17, 15) is 17.2 Å². The maximum atomic E-state index is 12.2. The Morgan fingerprint density at radius 2 is 1.76 bits per heavy atom. The molecule has 0 bridgehead atoms. The normalized spacial score (nSPS) is 15.9. The summed E-state index contributed by atoms with van der Waals surface area (Å²) in [5, 5.41) is 0. The van der Waals surface area contributed by atoms with Crippen LogP contribution in [-0.4, -0.2) is 58.9 Å². The van der Waals surface area contributed by atoms with Gasteiger partial charge in [0.1, 0.15) is 17.3 Å². The summed E-state index contributed by atoms with van der Waals surface area (Å²) in [6, 6.07) is 18.8. The van der Waals surface area contributed by atoms with Gasteiger partial charge in [0.2, 0.25) is 10.0 Å². The Bertz CT molecular complexity index is 1240. The highest BCUT2D eigenvalue weighted by molar-refractivity contribution is 7.88. The van der Waals surface area contributed by atoms with E-state index in [4.69, 9.17) is 4.74 Å². The van der Waals surface area contributed by atoms with Gasteiger partial charge in [-0.25, -0.2) is 12.6 Å². The Morgan fingerprint density at radius 3 is 2.42 bits per heavy atom. The third kappa shape index (κ3) is 5.59. The van der Waals surface area contributed by atoms with Gasteiger partial charge in [-0.15, -0.1) is 0 Å². The summed E-state index contributed by atoms with van der Waals surface area (Å²) < 4.78 is 53.2. The fourth-order valence-corrected chi connectivity index (χ4v) is 5.30. The summed E-state index contributed by atoms with van der Waals surface area (Å²) in [6.45, 7) is 1.69. The lowest BCUT2D eigenvalue weighted by molar-refractivity contribution is 0.297. The van der Waals surface area contributed by atoms with Gasteiger partial charge < -0.3 is 14.2 Å². The predicted octanol–water partition coefficient (Wildman–Crippen LogP) is 2.99. The van der Waals surface area contributed by atoms with E-state index in [0.717, 1.165) is 16.8 Å². The predicted molar refractivity (Wildman–Crippen MR) is 128 cm³/mol. The second kappa shape index (κ2) is 10.0. The van der Waals surface area contributed by atoms with Gasteiger partial charge in [-0.2, -0.15) is 4.31 Å². The van der Waals surface area contributed by atoms with Crippen LogP contribution in [0.1, 0.15) is 5.56 Å². The molecule has 3 aromatic rings. The number of aromatic nitrogens is 1. The first-order chi connectivity index (χ1) is 15.8. The molecule has 33 heavy (non-hydrogen) atoms. The Kier molecular flexibility index (Phi) is 7.08. The van der Waals surface area contributed by atoms with E-state index in [2.05, 4.69) is 4.98 Å². The van der Waals surface area contributed by atoms with E-state index in [1.807, 2.05) is 47.4 Å². The van der Waals surface area contributed by atoms with Crippen LogP contribution in [0.4, 0.5) is 5.69 Å². The summed E-state index contributed by atoms with van der Waals surface area (Å²) >= 11 is -2.28. The minimum absolute atomic E-state index is 0.183. The number of pyridine rings is 1. The Hall–Kier alpha value is -2.79. The molecule has 0 aliphatic carbocycles. The number of rotatable bonds is 7. The first-order valence-corrected chi connectivity index (χ1v) is 13.4. The van der Waals surface area contributed by atoms with Crippen LogP contribution < -0.4 is 9.64 Å². The quantitative estimate of drug-likeness (QED) is 0.512. The van der Waals surface area contributed by atoms with Gasteiger partial charge in [0, 0.05) is 37.9 Å². The number of anilines is 1. The van der Waals surface area contributed by atoms with Crippen molar-refractivity contribution in [1.29, 1.82) is 0 Å². The third-order valence-electron chi connectivity index (χ3n) is 5.47. The van der Waals surface area contributed by atoms with Crippen molar-refractivity contribution in [1.82, 2.24) is 9.29 Å². The lowest BCUT2D eigenvalue weighted by atomic mass is 10.1. The van der Waals surface area contributed by atoms with Gasteiger partial charge in [-0.1, -0.05) is 36.4 Å². The zero-order valence-corrected chi connectivity index (χ0v) is 19.8. The monoisotopic (exact) mass is 487 g/mol. The molecule has 2 aromatic carbocycles. The van der Waals surface area contributed by atoms with Gasteiger partial charge in [0.15, 0.2) is 11.1 Å². The Balaban J connectivity index is 1.53. The summed E-state index contributed by atoms with van der Waals surface area (Å²) in [7, 11) is -3.26. The van der Waals surface area contributed by atoms with Gasteiger partial charge in [0.05, 0.1) is 17.6 Å². The van der Waals surface area contributed by atoms with E-state index >= 15 is 0 Å². The lowest BCUT2D eigenvalue weighted by Crippen LogP contribution is -2.48. The summed E-state index contributed by atoms with van der Waals surface area (Å²) in [4.78, 5) is 6.51. The number of hydrogen-bond donors (Lipinski definition) is 1. The highest BCUT2D eigenvalue weighted by Crippen LogP contribution is 2.33. The molecule has 1 atom stereocenters. The van der Waals surface area contributed by atoms with Crippen LogP contribution in [0, 0.1) is 0 Å². The van der Waals surface area contributed by atoms with Crippen LogP contribution in [0.25, 0.3) is 11.3 Å².